The van der Waals surface area contributed by atoms with Gasteiger partial charge in [-0.2, -0.15) is 0 Å². The number of fused-ring (bicyclic) bond motifs is 1. The first-order chi connectivity index (χ1) is 5.77. The molecule has 0 bridgehead atoms. The topological polar surface area (TPSA) is 12.0 Å². The average Bonchev–Trinajstić information content (AvgIpc) is 2.04. The van der Waals surface area contributed by atoms with Gasteiger partial charge in [-0.1, -0.05) is 28.9 Å². The molecule has 0 amide bonds. The van der Waals surface area contributed by atoms with Crippen LogP contribution >= 0.6 is 15.9 Å². The summed E-state index contributed by atoms with van der Waals surface area (Å²) in [5, 5.41) is 3.40. The van der Waals surface area contributed by atoms with Crippen LogP contribution < -0.4 is 5.32 Å². The molecule has 0 aliphatic carbocycles. The summed E-state index contributed by atoms with van der Waals surface area (Å²) in [4.78, 5) is 0. The summed E-state index contributed by atoms with van der Waals surface area (Å²) < 4.78 is 1.18. The molecule has 0 aromatic heterocycles. The van der Waals surface area contributed by atoms with Gasteiger partial charge in [0.05, 0.1) is 0 Å². The van der Waals surface area contributed by atoms with Crippen molar-refractivity contribution in [1.29, 1.82) is 0 Å². The number of nitrogens with one attached hydrogen (secondary N) is 1. The van der Waals surface area contributed by atoms with E-state index >= 15 is 0 Å². The quantitative estimate of drug-likeness (QED) is 0.717. The molecule has 1 aromatic rings. The van der Waals surface area contributed by atoms with E-state index < -0.39 is 0 Å². The fraction of sp³-hybridized carbons (Fsp3) is 0.400. The van der Waals surface area contributed by atoms with Crippen LogP contribution in [0.2, 0.25) is 0 Å². The number of hydrogen-bond donors (Lipinski definition) is 1. The second-order valence-corrected chi connectivity index (χ2v) is 4.29. The predicted octanol–water partition coefficient (Wildman–Crippen LogP) is 2.66. The molecule has 0 radical (unpaired) electrons. The van der Waals surface area contributed by atoms with Crippen LogP contribution in [0.4, 0.5) is 0 Å². The third kappa shape index (κ3) is 1.41. The highest BCUT2D eigenvalue weighted by Crippen LogP contribution is 2.25. The molecule has 1 aliphatic heterocycles. The van der Waals surface area contributed by atoms with Crippen molar-refractivity contribution in [3.05, 3.63) is 33.8 Å². The Morgan fingerprint density at radius 3 is 3.17 bits per heavy atom. The normalized spacial score (nSPS) is 22.0. The molecule has 1 heterocycles. The predicted molar refractivity (Wildman–Crippen MR) is 54.3 cm³/mol. The molecule has 1 N–H and O–H groups in total. The van der Waals surface area contributed by atoms with E-state index in [1.54, 1.807) is 0 Å². The summed E-state index contributed by atoms with van der Waals surface area (Å²) in [6, 6.07) is 6.56. The van der Waals surface area contributed by atoms with Crippen molar-refractivity contribution in [2.45, 2.75) is 19.4 Å². The zero-order valence-corrected chi connectivity index (χ0v) is 8.69. The average molecular weight is 226 g/mol. The third-order valence-electron chi connectivity index (χ3n) is 2.40. The van der Waals surface area contributed by atoms with E-state index in [9.17, 15) is 0 Å². The summed E-state index contributed by atoms with van der Waals surface area (Å²) in [6.45, 7) is 4.38. The van der Waals surface area contributed by atoms with E-state index in [0.29, 0.717) is 5.92 Å². The van der Waals surface area contributed by atoms with Crippen LogP contribution in [-0.2, 0) is 6.54 Å². The van der Waals surface area contributed by atoms with Gasteiger partial charge in [0.1, 0.15) is 0 Å². The lowest BCUT2D eigenvalue weighted by molar-refractivity contribution is 0.571. The van der Waals surface area contributed by atoms with Crippen molar-refractivity contribution in [1.82, 2.24) is 5.32 Å². The largest absolute Gasteiger partial charge is 0.312 e. The Morgan fingerprint density at radius 2 is 2.33 bits per heavy atom. The summed E-state index contributed by atoms with van der Waals surface area (Å²) >= 11 is 3.48. The van der Waals surface area contributed by atoms with Crippen LogP contribution in [0.5, 0.6) is 0 Å². The molecule has 2 rings (SSSR count). The van der Waals surface area contributed by atoms with Crippen LogP contribution in [0, 0.1) is 0 Å². The fourth-order valence-electron chi connectivity index (χ4n) is 1.74. The minimum Gasteiger partial charge on any atom is -0.312 e. The van der Waals surface area contributed by atoms with Crippen molar-refractivity contribution in [3.8, 4) is 0 Å². The maximum Gasteiger partial charge on any atom is 0.0208 e. The van der Waals surface area contributed by atoms with Crippen LogP contribution in [0.25, 0.3) is 0 Å². The van der Waals surface area contributed by atoms with E-state index in [1.165, 1.54) is 15.6 Å². The Morgan fingerprint density at radius 1 is 1.50 bits per heavy atom. The van der Waals surface area contributed by atoms with Gasteiger partial charge >= 0.3 is 0 Å². The van der Waals surface area contributed by atoms with Gasteiger partial charge in [-0.15, -0.1) is 0 Å². The van der Waals surface area contributed by atoms with Crippen LogP contribution in [0.15, 0.2) is 22.7 Å². The SMILES string of the molecule is C[C@@H]1CNCc2cc(Br)ccc21. The van der Waals surface area contributed by atoms with Gasteiger partial charge in [-0.05, 0) is 29.2 Å². The van der Waals surface area contributed by atoms with E-state index in [0.717, 1.165) is 13.1 Å². The van der Waals surface area contributed by atoms with Gasteiger partial charge in [0.2, 0.25) is 0 Å². The maximum atomic E-state index is 3.48. The molecule has 1 aromatic carbocycles. The second kappa shape index (κ2) is 3.19. The summed E-state index contributed by atoms with van der Waals surface area (Å²) in [6.07, 6.45) is 0. The van der Waals surface area contributed by atoms with Crippen molar-refractivity contribution >= 4 is 15.9 Å². The van der Waals surface area contributed by atoms with Crippen molar-refractivity contribution in [2.24, 2.45) is 0 Å². The molecular weight excluding hydrogens is 214 g/mol. The van der Waals surface area contributed by atoms with Crippen molar-refractivity contribution in [3.63, 3.8) is 0 Å². The molecule has 12 heavy (non-hydrogen) atoms. The summed E-state index contributed by atoms with van der Waals surface area (Å²) in [5.74, 6) is 0.654. The zero-order valence-electron chi connectivity index (χ0n) is 7.10. The van der Waals surface area contributed by atoms with Gasteiger partial charge in [-0.25, -0.2) is 0 Å². The van der Waals surface area contributed by atoms with Gasteiger partial charge in [0.25, 0.3) is 0 Å². The maximum absolute atomic E-state index is 3.48. The van der Waals surface area contributed by atoms with Gasteiger partial charge in [0.15, 0.2) is 0 Å². The van der Waals surface area contributed by atoms with Gasteiger partial charge in [-0.3, -0.25) is 0 Å². The monoisotopic (exact) mass is 225 g/mol. The molecule has 1 nitrogen and oxygen atoms in total. The van der Waals surface area contributed by atoms with Gasteiger partial charge < -0.3 is 5.32 Å². The number of halogens is 1. The highest BCUT2D eigenvalue weighted by molar-refractivity contribution is 9.10. The molecule has 0 spiro atoms. The van der Waals surface area contributed by atoms with Crippen LogP contribution in [0.1, 0.15) is 24.0 Å². The van der Waals surface area contributed by atoms with E-state index in [1.807, 2.05) is 0 Å². The first-order valence-corrected chi connectivity index (χ1v) is 5.05. The lowest BCUT2D eigenvalue weighted by Crippen LogP contribution is -2.26. The number of hydrogen-bond acceptors (Lipinski definition) is 1. The minimum atomic E-state index is 0.654. The van der Waals surface area contributed by atoms with Crippen molar-refractivity contribution in [2.75, 3.05) is 6.54 Å². The Labute approximate surface area is 81.3 Å². The highest BCUT2D eigenvalue weighted by atomic mass is 79.9. The standard InChI is InChI=1S/C10H12BrN/c1-7-5-12-6-8-4-9(11)2-3-10(7)8/h2-4,7,12H,5-6H2,1H3/t7-/m1/s1. The fourth-order valence-corrected chi connectivity index (χ4v) is 2.15. The Balaban J connectivity index is 2.46. The third-order valence-corrected chi connectivity index (χ3v) is 2.90. The smallest absolute Gasteiger partial charge is 0.0208 e. The minimum absolute atomic E-state index is 0.654. The second-order valence-electron chi connectivity index (χ2n) is 3.38. The summed E-state index contributed by atoms with van der Waals surface area (Å²) in [5.41, 5.74) is 2.93. The van der Waals surface area contributed by atoms with Crippen LogP contribution in [-0.4, -0.2) is 6.54 Å². The van der Waals surface area contributed by atoms with E-state index in [4.69, 9.17) is 0 Å². The Hall–Kier alpha value is -0.340. The molecular formula is C10H12BrN. The lowest BCUT2D eigenvalue weighted by atomic mass is 9.93. The molecule has 64 valence electrons. The zero-order chi connectivity index (χ0) is 8.55. The molecule has 2 heteroatoms. The molecule has 1 aliphatic rings. The molecule has 0 saturated heterocycles. The molecule has 0 unspecified atom stereocenters. The highest BCUT2D eigenvalue weighted by Gasteiger charge is 2.14. The number of rotatable bonds is 0. The van der Waals surface area contributed by atoms with Gasteiger partial charge in [0, 0.05) is 17.6 Å². The molecule has 0 saturated carbocycles. The lowest BCUT2D eigenvalue weighted by Gasteiger charge is -2.23. The molecule has 0 fully saturated rings. The van der Waals surface area contributed by atoms with E-state index in [2.05, 4.69) is 46.4 Å². The Bertz CT molecular complexity index is 296. The number of benzene rings is 1. The Kier molecular flexibility index (Phi) is 2.20. The first kappa shape index (κ1) is 8.27. The first-order valence-electron chi connectivity index (χ1n) is 4.26. The van der Waals surface area contributed by atoms with Crippen LogP contribution in [0.3, 0.4) is 0 Å². The van der Waals surface area contributed by atoms with Crippen molar-refractivity contribution < 1.29 is 0 Å². The molecule has 1 atom stereocenters. The van der Waals surface area contributed by atoms with E-state index in [-0.39, 0.29) is 0 Å². The summed E-state index contributed by atoms with van der Waals surface area (Å²) in [7, 11) is 0.